The number of unbranched alkanes of at least 4 members (excludes halogenated alkanes) is 18. The lowest BCUT2D eigenvalue weighted by Crippen LogP contribution is -2.50. The smallest absolute Gasteiger partial charge is 0.362 e. The van der Waals surface area contributed by atoms with Crippen molar-refractivity contribution in [3.8, 4) is 0 Å². The second-order valence-electron chi connectivity index (χ2n) is 17.0. The minimum atomic E-state index is -0.878. The van der Waals surface area contributed by atoms with Crippen LogP contribution in [0.5, 0.6) is 0 Å². The Bertz CT molecular complexity index is 1150. The van der Waals surface area contributed by atoms with Crippen molar-refractivity contribution in [2.75, 3.05) is 41.0 Å². The molecule has 1 N–H and O–H groups in total. The average molecular weight is 829 g/mol. The van der Waals surface area contributed by atoms with Gasteiger partial charge in [0.1, 0.15) is 6.61 Å². The fraction of sp³-hybridized carbons (Fsp3) is 0.745. The van der Waals surface area contributed by atoms with Gasteiger partial charge >= 0.3 is 17.9 Å². The molecule has 0 aliphatic carbocycles. The van der Waals surface area contributed by atoms with E-state index in [0.717, 1.165) is 77.0 Å². The molecule has 0 amide bonds. The average Bonchev–Trinajstić information content (AvgIpc) is 3.19. The minimum Gasteiger partial charge on any atom is -0.477 e. The zero-order chi connectivity index (χ0) is 43.5. The predicted molar refractivity (Wildman–Crippen MR) is 247 cm³/mol. The van der Waals surface area contributed by atoms with Crippen LogP contribution in [-0.2, 0) is 28.6 Å². The Balaban J connectivity index is 4.25. The van der Waals surface area contributed by atoms with E-state index in [1.807, 2.05) is 21.1 Å². The van der Waals surface area contributed by atoms with E-state index in [1.54, 1.807) is 0 Å². The summed E-state index contributed by atoms with van der Waals surface area (Å²) in [5.74, 6) is -1.48. The highest BCUT2D eigenvalue weighted by Gasteiger charge is 2.31. The summed E-state index contributed by atoms with van der Waals surface area (Å²) in [7, 11) is 5.52. The lowest BCUT2D eigenvalue weighted by Gasteiger charge is -2.31. The van der Waals surface area contributed by atoms with Crippen LogP contribution in [0.3, 0.4) is 0 Å². The Morgan fingerprint density at radius 1 is 0.525 bits per heavy atom. The van der Waals surface area contributed by atoms with Crippen molar-refractivity contribution in [2.45, 2.75) is 206 Å². The van der Waals surface area contributed by atoms with Crippen molar-refractivity contribution in [3.63, 3.8) is 0 Å². The van der Waals surface area contributed by atoms with Crippen LogP contribution in [0.2, 0.25) is 0 Å². The van der Waals surface area contributed by atoms with Gasteiger partial charge in [0.15, 0.2) is 12.1 Å². The Hall–Kier alpha value is -2.97. The number of carbonyl (C=O) groups is 3. The maximum Gasteiger partial charge on any atom is 0.362 e. The summed E-state index contributed by atoms with van der Waals surface area (Å²) in [6, 6.07) is -0.618. The van der Waals surface area contributed by atoms with E-state index in [1.165, 1.54) is 83.5 Å². The monoisotopic (exact) mass is 829 g/mol. The number of allylic oxidation sites excluding steroid dienone is 10. The molecule has 0 aromatic rings. The van der Waals surface area contributed by atoms with Gasteiger partial charge in [0.25, 0.3) is 0 Å². The Morgan fingerprint density at radius 3 is 1.42 bits per heavy atom. The van der Waals surface area contributed by atoms with Gasteiger partial charge in [0, 0.05) is 19.3 Å². The first-order valence-electron chi connectivity index (χ1n) is 23.8. The molecule has 0 saturated carbocycles. The Kier molecular flexibility index (Phi) is 39.6. The fourth-order valence-electron chi connectivity index (χ4n) is 6.72. The normalized spacial score (nSPS) is 13.4. The van der Waals surface area contributed by atoms with Gasteiger partial charge in [-0.3, -0.25) is 9.59 Å². The molecule has 0 aliphatic rings. The second-order valence-corrected chi connectivity index (χ2v) is 17.0. The third-order valence-corrected chi connectivity index (χ3v) is 10.4. The first-order valence-corrected chi connectivity index (χ1v) is 23.8. The van der Waals surface area contributed by atoms with Crippen LogP contribution in [0.1, 0.15) is 194 Å². The largest absolute Gasteiger partial charge is 0.477 e. The van der Waals surface area contributed by atoms with Crippen LogP contribution in [0.25, 0.3) is 0 Å². The van der Waals surface area contributed by atoms with Gasteiger partial charge in [-0.1, -0.05) is 158 Å². The van der Waals surface area contributed by atoms with E-state index in [-0.39, 0.29) is 36.2 Å². The van der Waals surface area contributed by atoms with E-state index < -0.39 is 18.1 Å². The van der Waals surface area contributed by atoms with Crippen molar-refractivity contribution in [3.05, 3.63) is 60.8 Å². The van der Waals surface area contributed by atoms with E-state index >= 15 is 0 Å². The molecule has 8 heteroatoms. The van der Waals surface area contributed by atoms with E-state index in [9.17, 15) is 19.5 Å². The molecule has 8 nitrogen and oxygen atoms in total. The zero-order valence-corrected chi connectivity index (χ0v) is 38.7. The zero-order valence-electron chi connectivity index (χ0n) is 38.7. The summed E-state index contributed by atoms with van der Waals surface area (Å²) in [5.41, 5.74) is 0. The van der Waals surface area contributed by atoms with Crippen LogP contribution >= 0.6 is 0 Å². The summed E-state index contributed by atoms with van der Waals surface area (Å²) in [6.07, 6.45) is 51.2. The van der Waals surface area contributed by atoms with E-state index in [0.29, 0.717) is 19.3 Å². The number of esters is 2. The maximum absolute atomic E-state index is 12.8. The van der Waals surface area contributed by atoms with Crippen molar-refractivity contribution >= 4 is 17.9 Å². The summed E-state index contributed by atoms with van der Waals surface area (Å²) in [5, 5.41) is 9.63. The van der Waals surface area contributed by atoms with Crippen molar-refractivity contribution in [1.29, 1.82) is 0 Å². The number of rotatable bonds is 42. The molecule has 0 aromatic heterocycles. The molecule has 340 valence electrons. The van der Waals surface area contributed by atoms with Crippen LogP contribution in [0.4, 0.5) is 0 Å². The number of hydrogen-bond donors (Lipinski definition) is 1. The van der Waals surface area contributed by atoms with Gasteiger partial charge < -0.3 is 23.8 Å². The predicted octanol–water partition coefficient (Wildman–Crippen LogP) is 13.4. The molecule has 0 radical (unpaired) electrons. The number of nitrogens with zero attached hydrogens (tertiary/aromatic N) is 1. The molecular weight excluding hydrogens is 739 g/mol. The molecule has 0 saturated heterocycles. The topological polar surface area (TPSA) is 99.1 Å². The molecule has 0 fully saturated rings. The standard InChI is InChI=1S/C51H89NO7/c1-6-8-10-12-14-16-18-20-21-22-23-24-25-26-27-28-29-30-32-34-36-38-40-42-50(54)59-47(45-57-44-43-48(51(55)56)52(3,4)5)46-58-49(53)41-39-37-35-33-31-19-17-15-13-11-9-7-2/h8,10,14-17,20-21,23-24,47-48H,6-7,9,11-13,18-19,22,25-46H2,1-5H3/p+1/b10-8+,16-14+,17-15+,21-20+,24-23+. The van der Waals surface area contributed by atoms with Crippen LogP contribution in [0, 0.1) is 0 Å². The number of aliphatic carboxylic acids is 1. The maximum atomic E-state index is 12.8. The minimum absolute atomic E-state index is 0.0555. The summed E-state index contributed by atoms with van der Waals surface area (Å²) < 4.78 is 17.3. The summed E-state index contributed by atoms with van der Waals surface area (Å²) in [4.78, 5) is 37.0. The quantitative estimate of drug-likeness (QED) is 0.0283. The molecular formula is C51H90NO7+. The van der Waals surface area contributed by atoms with Gasteiger partial charge in [-0.15, -0.1) is 0 Å². The van der Waals surface area contributed by atoms with Gasteiger partial charge in [-0.2, -0.15) is 0 Å². The SMILES string of the molecule is CC/C=C/C/C=C/C/C=C/C/C=C/CCCCCCCCCCCCC(=O)OC(COCCC(C(=O)O)[N+](C)(C)C)COC(=O)CCCCCCC/C=C/CCCCC. The number of carboxylic acids is 1. The number of carbonyl (C=O) groups excluding carboxylic acids is 2. The number of hydrogen-bond acceptors (Lipinski definition) is 6. The first kappa shape index (κ1) is 56.0. The molecule has 0 rings (SSSR count). The third kappa shape index (κ3) is 40.2. The molecule has 0 heterocycles. The van der Waals surface area contributed by atoms with Crippen LogP contribution < -0.4 is 0 Å². The lowest BCUT2D eigenvalue weighted by atomic mass is 10.0. The number of carboxylic acid groups (broad SMARTS) is 1. The van der Waals surface area contributed by atoms with Crippen molar-refractivity contribution in [2.24, 2.45) is 0 Å². The van der Waals surface area contributed by atoms with Gasteiger partial charge in [-0.05, 0) is 77.0 Å². The second kappa shape index (κ2) is 41.8. The summed E-state index contributed by atoms with van der Waals surface area (Å²) >= 11 is 0. The lowest BCUT2D eigenvalue weighted by molar-refractivity contribution is -0.887. The summed E-state index contributed by atoms with van der Waals surface area (Å²) in [6.45, 7) is 4.59. The Labute approximate surface area is 362 Å². The molecule has 2 unspecified atom stereocenters. The van der Waals surface area contributed by atoms with Gasteiger partial charge in [-0.25, -0.2) is 4.79 Å². The van der Waals surface area contributed by atoms with Crippen molar-refractivity contribution < 1.29 is 38.2 Å². The highest BCUT2D eigenvalue weighted by atomic mass is 16.6. The van der Waals surface area contributed by atoms with Gasteiger partial charge in [0.05, 0.1) is 34.4 Å². The van der Waals surface area contributed by atoms with E-state index in [2.05, 4.69) is 74.6 Å². The third-order valence-electron chi connectivity index (χ3n) is 10.4. The fourth-order valence-corrected chi connectivity index (χ4v) is 6.72. The van der Waals surface area contributed by atoms with Crippen LogP contribution in [-0.4, -0.2) is 80.6 Å². The molecule has 0 aromatic carbocycles. The van der Waals surface area contributed by atoms with Crippen molar-refractivity contribution in [1.82, 2.24) is 0 Å². The molecule has 0 aliphatic heterocycles. The van der Waals surface area contributed by atoms with Crippen LogP contribution in [0.15, 0.2) is 60.8 Å². The molecule has 0 bridgehead atoms. The highest BCUT2D eigenvalue weighted by Crippen LogP contribution is 2.14. The van der Waals surface area contributed by atoms with E-state index in [4.69, 9.17) is 14.2 Å². The number of likely N-dealkylation sites (N-methyl/N-ethyl adjacent to an activating group) is 1. The molecule has 59 heavy (non-hydrogen) atoms. The number of ether oxygens (including phenoxy) is 3. The number of quaternary nitrogens is 1. The molecule has 2 atom stereocenters. The first-order chi connectivity index (χ1) is 28.6. The van der Waals surface area contributed by atoms with Gasteiger partial charge in [0.2, 0.25) is 0 Å². The Morgan fingerprint density at radius 2 is 0.949 bits per heavy atom. The molecule has 0 spiro atoms. The highest BCUT2D eigenvalue weighted by molar-refractivity contribution is 5.72.